The molecule has 2 amide bonds. The summed E-state index contributed by atoms with van der Waals surface area (Å²) in [6.07, 6.45) is 2.69. The van der Waals surface area contributed by atoms with E-state index >= 15 is 0 Å². The Hall–Kier alpha value is -2.67. The lowest BCUT2D eigenvalue weighted by molar-refractivity contribution is -0.117. The number of nitrogens with zero attached hydrogens (tertiary/aromatic N) is 2. The molecule has 7 nitrogen and oxygen atoms in total. The maximum absolute atomic E-state index is 11.8. The standard InChI is InChI=1S/C13H11ClN4O3/c14-10-5-16-7-18-13(10)21-9-3-1-2-8(4-9)12(20)17-6-11(15)19/h1-5,7H,6H2,(H2,15,19)(H,17,20). The van der Waals surface area contributed by atoms with Gasteiger partial charge in [-0.25, -0.2) is 9.97 Å². The zero-order valence-corrected chi connectivity index (χ0v) is 11.5. The highest BCUT2D eigenvalue weighted by molar-refractivity contribution is 6.31. The first-order valence-electron chi connectivity index (χ1n) is 5.86. The number of nitrogens with one attached hydrogen (secondary N) is 1. The molecule has 0 bridgehead atoms. The number of hydrogen-bond donors (Lipinski definition) is 2. The maximum Gasteiger partial charge on any atom is 0.251 e. The van der Waals surface area contributed by atoms with Crippen LogP contribution >= 0.6 is 11.6 Å². The first-order valence-corrected chi connectivity index (χ1v) is 6.24. The monoisotopic (exact) mass is 306 g/mol. The molecule has 21 heavy (non-hydrogen) atoms. The molecule has 0 unspecified atom stereocenters. The number of aromatic nitrogens is 2. The maximum atomic E-state index is 11.8. The van der Waals surface area contributed by atoms with Gasteiger partial charge in [0.1, 0.15) is 17.1 Å². The summed E-state index contributed by atoms with van der Waals surface area (Å²) in [6, 6.07) is 6.34. The van der Waals surface area contributed by atoms with Crippen molar-refractivity contribution in [2.75, 3.05) is 6.54 Å². The van der Waals surface area contributed by atoms with Gasteiger partial charge in [0.2, 0.25) is 11.8 Å². The predicted octanol–water partition coefficient (Wildman–Crippen LogP) is 1.14. The van der Waals surface area contributed by atoms with Crippen molar-refractivity contribution in [2.45, 2.75) is 0 Å². The topological polar surface area (TPSA) is 107 Å². The fourth-order valence-electron chi connectivity index (χ4n) is 1.46. The molecule has 108 valence electrons. The van der Waals surface area contributed by atoms with Crippen molar-refractivity contribution >= 4 is 23.4 Å². The van der Waals surface area contributed by atoms with Gasteiger partial charge < -0.3 is 15.8 Å². The fourth-order valence-corrected chi connectivity index (χ4v) is 1.60. The molecule has 0 atom stereocenters. The Balaban J connectivity index is 2.12. The van der Waals surface area contributed by atoms with E-state index in [1.807, 2.05) is 0 Å². The van der Waals surface area contributed by atoms with Gasteiger partial charge in [-0.15, -0.1) is 0 Å². The molecule has 1 aromatic heterocycles. The molecule has 0 aliphatic carbocycles. The lowest BCUT2D eigenvalue weighted by Crippen LogP contribution is -2.33. The molecule has 1 heterocycles. The van der Waals surface area contributed by atoms with E-state index in [-0.39, 0.29) is 17.4 Å². The number of rotatable bonds is 5. The van der Waals surface area contributed by atoms with E-state index in [4.69, 9.17) is 22.1 Å². The largest absolute Gasteiger partial charge is 0.437 e. The second kappa shape index (κ2) is 6.67. The Morgan fingerprint density at radius 1 is 1.38 bits per heavy atom. The number of primary amides is 1. The molecule has 2 aromatic rings. The van der Waals surface area contributed by atoms with Gasteiger partial charge in [-0.05, 0) is 18.2 Å². The van der Waals surface area contributed by atoms with Crippen molar-refractivity contribution in [3.05, 3.63) is 47.4 Å². The average molecular weight is 307 g/mol. The summed E-state index contributed by atoms with van der Waals surface area (Å²) in [4.78, 5) is 30.1. The number of hydrogen-bond acceptors (Lipinski definition) is 5. The number of halogens is 1. The second-order valence-electron chi connectivity index (χ2n) is 3.95. The molecular formula is C13H11ClN4O3. The SMILES string of the molecule is NC(=O)CNC(=O)c1cccc(Oc2ncncc2Cl)c1. The summed E-state index contributed by atoms with van der Waals surface area (Å²) >= 11 is 5.88. The molecule has 8 heteroatoms. The van der Waals surface area contributed by atoms with Crippen LogP contribution in [-0.2, 0) is 4.79 Å². The lowest BCUT2D eigenvalue weighted by atomic mass is 10.2. The second-order valence-corrected chi connectivity index (χ2v) is 4.36. The summed E-state index contributed by atoms with van der Waals surface area (Å²) in [7, 11) is 0. The molecule has 0 aliphatic rings. The van der Waals surface area contributed by atoms with Crippen LogP contribution < -0.4 is 15.8 Å². The van der Waals surface area contributed by atoms with Crippen molar-refractivity contribution in [3.63, 3.8) is 0 Å². The van der Waals surface area contributed by atoms with Crippen LogP contribution in [-0.4, -0.2) is 28.3 Å². The van der Waals surface area contributed by atoms with Gasteiger partial charge >= 0.3 is 0 Å². The summed E-state index contributed by atoms with van der Waals surface area (Å²) in [5, 5.41) is 2.63. The third-order valence-electron chi connectivity index (χ3n) is 2.37. The Kier molecular flexibility index (Phi) is 4.68. The minimum absolute atomic E-state index is 0.182. The first kappa shape index (κ1) is 14.7. The molecule has 1 aromatic carbocycles. The van der Waals surface area contributed by atoms with Crippen molar-refractivity contribution in [1.29, 1.82) is 0 Å². The van der Waals surface area contributed by atoms with Gasteiger partial charge in [-0.3, -0.25) is 9.59 Å². The van der Waals surface area contributed by atoms with Crippen LogP contribution in [0.4, 0.5) is 0 Å². The van der Waals surface area contributed by atoms with Gasteiger partial charge in [-0.2, -0.15) is 0 Å². The van der Waals surface area contributed by atoms with Crippen molar-refractivity contribution in [3.8, 4) is 11.6 Å². The smallest absolute Gasteiger partial charge is 0.251 e. The van der Waals surface area contributed by atoms with E-state index in [0.29, 0.717) is 11.3 Å². The number of carbonyl (C=O) groups is 2. The molecule has 0 fully saturated rings. The third-order valence-corrected chi connectivity index (χ3v) is 2.63. The Morgan fingerprint density at radius 2 is 2.19 bits per heavy atom. The lowest BCUT2D eigenvalue weighted by Gasteiger charge is -2.07. The van der Waals surface area contributed by atoms with Gasteiger partial charge in [0, 0.05) is 5.56 Å². The summed E-state index contributed by atoms with van der Waals surface area (Å²) in [5.74, 6) is -0.500. The Morgan fingerprint density at radius 3 is 2.90 bits per heavy atom. The highest BCUT2D eigenvalue weighted by Crippen LogP contribution is 2.26. The predicted molar refractivity (Wildman–Crippen MR) is 75.1 cm³/mol. The van der Waals surface area contributed by atoms with Crippen molar-refractivity contribution < 1.29 is 14.3 Å². The fraction of sp³-hybridized carbons (Fsp3) is 0.0769. The highest BCUT2D eigenvalue weighted by Gasteiger charge is 2.09. The van der Waals surface area contributed by atoms with Crippen LogP contribution in [0, 0.1) is 0 Å². The molecule has 2 rings (SSSR count). The van der Waals surface area contributed by atoms with Gasteiger partial charge in [0.15, 0.2) is 0 Å². The van der Waals surface area contributed by atoms with Crippen LogP contribution in [0.15, 0.2) is 36.8 Å². The summed E-state index contributed by atoms with van der Waals surface area (Å²) in [6.45, 7) is -0.234. The average Bonchev–Trinajstić information content (AvgIpc) is 2.47. The van der Waals surface area contributed by atoms with E-state index in [1.165, 1.54) is 18.6 Å². The number of benzene rings is 1. The number of nitrogens with two attached hydrogens (primary N) is 1. The molecule has 0 saturated carbocycles. The van der Waals surface area contributed by atoms with E-state index in [2.05, 4.69) is 15.3 Å². The van der Waals surface area contributed by atoms with Crippen molar-refractivity contribution in [1.82, 2.24) is 15.3 Å². The van der Waals surface area contributed by atoms with Crippen LogP contribution in [0.1, 0.15) is 10.4 Å². The normalized spacial score (nSPS) is 9.95. The third kappa shape index (κ3) is 4.15. The molecule has 0 radical (unpaired) electrons. The number of amides is 2. The van der Waals surface area contributed by atoms with Gasteiger partial charge in [0.25, 0.3) is 5.91 Å². The van der Waals surface area contributed by atoms with Crippen LogP contribution in [0.2, 0.25) is 5.02 Å². The van der Waals surface area contributed by atoms with Gasteiger partial charge in [-0.1, -0.05) is 17.7 Å². The van der Waals surface area contributed by atoms with E-state index in [1.54, 1.807) is 18.2 Å². The van der Waals surface area contributed by atoms with E-state index in [0.717, 1.165) is 0 Å². The van der Waals surface area contributed by atoms with Crippen molar-refractivity contribution in [2.24, 2.45) is 5.73 Å². The molecular weight excluding hydrogens is 296 g/mol. The minimum Gasteiger partial charge on any atom is -0.437 e. The van der Waals surface area contributed by atoms with Crippen LogP contribution in [0.3, 0.4) is 0 Å². The molecule has 0 spiro atoms. The molecule has 0 saturated heterocycles. The number of ether oxygens (including phenoxy) is 1. The summed E-state index contributed by atoms with van der Waals surface area (Å²) < 4.78 is 5.47. The first-order chi connectivity index (χ1) is 10.1. The Bertz CT molecular complexity index is 678. The Labute approximate surface area is 125 Å². The quantitative estimate of drug-likeness (QED) is 0.861. The highest BCUT2D eigenvalue weighted by atomic mass is 35.5. The molecule has 0 aliphatic heterocycles. The summed E-state index contributed by atoms with van der Waals surface area (Å²) in [5.41, 5.74) is 5.28. The zero-order chi connectivity index (χ0) is 15.2. The van der Waals surface area contributed by atoms with Crippen LogP contribution in [0.25, 0.3) is 0 Å². The van der Waals surface area contributed by atoms with Gasteiger partial charge in [0.05, 0.1) is 12.7 Å². The van der Waals surface area contributed by atoms with E-state index in [9.17, 15) is 9.59 Å². The minimum atomic E-state index is -0.622. The van der Waals surface area contributed by atoms with Crippen LogP contribution in [0.5, 0.6) is 11.6 Å². The number of carbonyl (C=O) groups excluding carboxylic acids is 2. The molecule has 3 N–H and O–H groups in total. The van der Waals surface area contributed by atoms with E-state index < -0.39 is 11.8 Å². The zero-order valence-electron chi connectivity index (χ0n) is 10.7.